The Morgan fingerprint density at radius 1 is 0.933 bits per heavy atom. The molecule has 3 aromatic rings. The first-order valence-corrected chi connectivity index (χ1v) is 10.0. The second kappa shape index (κ2) is 10.1. The number of nitrogens with one attached hydrogen (secondary N) is 1. The van der Waals surface area contributed by atoms with Gasteiger partial charge in [0, 0.05) is 22.7 Å². The summed E-state index contributed by atoms with van der Waals surface area (Å²) in [6.45, 7) is 0.510. The lowest BCUT2D eigenvalue weighted by atomic mass is 10.0. The number of hydrogen-bond donors (Lipinski definition) is 3. The van der Waals surface area contributed by atoms with Gasteiger partial charge in [0.25, 0.3) is 5.91 Å². The summed E-state index contributed by atoms with van der Waals surface area (Å²) in [6, 6.07) is 21.7. The maximum absolute atomic E-state index is 12.3. The number of hydrogen-bond acceptors (Lipinski definition) is 3. The van der Waals surface area contributed by atoms with Crippen molar-refractivity contribution in [2.75, 3.05) is 6.54 Å². The number of amides is 1. The molecule has 1 atom stereocenters. The molecular weight excluding hydrogens is 400 g/mol. The Hall–Kier alpha value is -3.15. The van der Waals surface area contributed by atoms with Gasteiger partial charge < -0.3 is 16.2 Å². The molecule has 154 valence electrons. The van der Waals surface area contributed by atoms with E-state index < -0.39 is 12.0 Å². The molecule has 0 radical (unpaired) electrons. The summed E-state index contributed by atoms with van der Waals surface area (Å²) in [7, 11) is 0. The van der Waals surface area contributed by atoms with E-state index in [0.717, 1.165) is 22.3 Å². The zero-order valence-electron chi connectivity index (χ0n) is 16.3. The van der Waals surface area contributed by atoms with Crippen molar-refractivity contribution < 1.29 is 14.7 Å². The van der Waals surface area contributed by atoms with Crippen molar-refractivity contribution >= 4 is 23.5 Å². The van der Waals surface area contributed by atoms with Gasteiger partial charge in [0.05, 0.1) is 0 Å². The van der Waals surface area contributed by atoms with Crippen LogP contribution in [0.25, 0.3) is 11.1 Å². The predicted molar refractivity (Wildman–Crippen MR) is 119 cm³/mol. The molecule has 0 saturated carbocycles. The van der Waals surface area contributed by atoms with E-state index in [1.807, 2.05) is 48.5 Å². The number of carbonyl (C=O) groups is 2. The maximum atomic E-state index is 12.3. The third-order valence-corrected chi connectivity index (χ3v) is 5.16. The number of carbonyl (C=O) groups excluding carboxylic acids is 1. The van der Waals surface area contributed by atoms with Crippen molar-refractivity contribution in [3.63, 3.8) is 0 Å². The monoisotopic (exact) mass is 422 g/mol. The fourth-order valence-corrected chi connectivity index (χ4v) is 3.35. The average Bonchev–Trinajstić information content (AvgIpc) is 2.75. The molecule has 6 heteroatoms. The number of aliphatic carboxylic acids is 1. The quantitative estimate of drug-likeness (QED) is 0.512. The Morgan fingerprint density at radius 3 is 2.20 bits per heavy atom. The fraction of sp³-hybridized carbons (Fsp3) is 0.167. The van der Waals surface area contributed by atoms with E-state index in [1.165, 1.54) is 0 Å². The average molecular weight is 423 g/mol. The van der Waals surface area contributed by atoms with Gasteiger partial charge in [0.15, 0.2) is 0 Å². The minimum absolute atomic E-state index is 0.170. The molecule has 4 N–H and O–H groups in total. The van der Waals surface area contributed by atoms with E-state index in [9.17, 15) is 9.59 Å². The van der Waals surface area contributed by atoms with Crippen molar-refractivity contribution in [2.45, 2.75) is 18.9 Å². The van der Waals surface area contributed by atoms with Gasteiger partial charge >= 0.3 is 5.97 Å². The molecule has 0 aromatic heterocycles. The molecule has 1 amide bonds. The molecule has 3 aromatic carbocycles. The summed E-state index contributed by atoms with van der Waals surface area (Å²) < 4.78 is 0. The van der Waals surface area contributed by atoms with Gasteiger partial charge in [-0.25, -0.2) is 0 Å². The van der Waals surface area contributed by atoms with Crippen molar-refractivity contribution in [3.8, 4) is 11.1 Å². The SMILES string of the molecule is N[C@@H](Cc1ccc(C(=O)NCCc2ccc(-c3ccccc3Cl)cc2)cc1)C(=O)O. The summed E-state index contributed by atoms with van der Waals surface area (Å²) in [5.74, 6) is -1.21. The molecule has 0 aliphatic rings. The van der Waals surface area contributed by atoms with Gasteiger partial charge in [-0.1, -0.05) is 66.2 Å². The van der Waals surface area contributed by atoms with Crippen LogP contribution in [0.2, 0.25) is 5.02 Å². The van der Waals surface area contributed by atoms with Gasteiger partial charge in [-0.15, -0.1) is 0 Å². The molecular formula is C24H23ClN2O3. The van der Waals surface area contributed by atoms with E-state index in [-0.39, 0.29) is 12.3 Å². The Bertz CT molecular complexity index is 1020. The third kappa shape index (κ3) is 5.69. The van der Waals surface area contributed by atoms with Crippen LogP contribution in [-0.4, -0.2) is 29.6 Å². The van der Waals surface area contributed by atoms with E-state index in [2.05, 4.69) is 5.32 Å². The smallest absolute Gasteiger partial charge is 0.320 e. The van der Waals surface area contributed by atoms with Crippen LogP contribution in [0.3, 0.4) is 0 Å². The van der Waals surface area contributed by atoms with Gasteiger partial charge in [-0.2, -0.15) is 0 Å². The first-order valence-electron chi connectivity index (χ1n) is 9.63. The summed E-state index contributed by atoms with van der Waals surface area (Å²) in [6.07, 6.45) is 0.932. The summed E-state index contributed by atoms with van der Waals surface area (Å²) in [4.78, 5) is 23.1. The topological polar surface area (TPSA) is 92.4 Å². The van der Waals surface area contributed by atoms with Gasteiger partial charge in [-0.3, -0.25) is 9.59 Å². The Kier molecular flexibility index (Phi) is 7.22. The third-order valence-electron chi connectivity index (χ3n) is 4.83. The summed E-state index contributed by atoms with van der Waals surface area (Å²) in [5.41, 5.74) is 9.99. The Morgan fingerprint density at radius 2 is 1.57 bits per heavy atom. The highest BCUT2D eigenvalue weighted by molar-refractivity contribution is 6.33. The zero-order chi connectivity index (χ0) is 21.5. The van der Waals surface area contributed by atoms with E-state index >= 15 is 0 Å². The second-order valence-corrected chi connectivity index (χ2v) is 7.44. The molecule has 0 spiro atoms. The van der Waals surface area contributed by atoms with Gasteiger partial charge in [0.1, 0.15) is 6.04 Å². The van der Waals surface area contributed by atoms with Crippen LogP contribution in [0, 0.1) is 0 Å². The summed E-state index contributed by atoms with van der Waals surface area (Å²) in [5, 5.41) is 12.5. The summed E-state index contributed by atoms with van der Waals surface area (Å²) >= 11 is 6.24. The normalized spacial score (nSPS) is 11.7. The molecule has 0 heterocycles. The van der Waals surface area contributed by atoms with Crippen molar-refractivity contribution in [1.82, 2.24) is 5.32 Å². The molecule has 0 aliphatic heterocycles. The highest BCUT2D eigenvalue weighted by Gasteiger charge is 2.12. The van der Waals surface area contributed by atoms with Crippen LogP contribution in [0.5, 0.6) is 0 Å². The predicted octanol–water partition coefficient (Wildman–Crippen LogP) is 3.93. The highest BCUT2D eigenvalue weighted by Crippen LogP contribution is 2.27. The van der Waals surface area contributed by atoms with Crippen molar-refractivity contribution in [3.05, 3.63) is 94.5 Å². The van der Waals surface area contributed by atoms with Crippen molar-refractivity contribution in [1.29, 1.82) is 0 Å². The Balaban J connectivity index is 1.51. The number of halogens is 1. The standard InChI is InChI=1S/C24H23ClN2O3/c25-21-4-2-1-3-20(21)18-9-5-16(6-10-18)13-14-27-23(28)19-11-7-17(8-12-19)15-22(26)24(29)30/h1-12,22H,13-15,26H2,(H,27,28)(H,29,30)/t22-/m0/s1. The van der Waals surface area contributed by atoms with Crippen LogP contribution in [0.4, 0.5) is 0 Å². The first kappa shape index (κ1) is 21.6. The van der Waals surface area contributed by atoms with Crippen LogP contribution in [0.15, 0.2) is 72.8 Å². The van der Waals surface area contributed by atoms with Crippen LogP contribution in [0.1, 0.15) is 21.5 Å². The molecule has 0 aliphatic carbocycles. The lowest BCUT2D eigenvalue weighted by molar-refractivity contribution is -0.138. The minimum atomic E-state index is -1.04. The minimum Gasteiger partial charge on any atom is -0.480 e. The van der Waals surface area contributed by atoms with Crippen LogP contribution in [-0.2, 0) is 17.6 Å². The Labute approximate surface area is 180 Å². The van der Waals surface area contributed by atoms with E-state index in [0.29, 0.717) is 23.6 Å². The number of rotatable bonds is 8. The molecule has 0 saturated heterocycles. The molecule has 3 rings (SSSR count). The molecule has 30 heavy (non-hydrogen) atoms. The number of carboxylic acids is 1. The van der Waals surface area contributed by atoms with Crippen molar-refractivity contribution in [2.24, 2.45) is 5.73 Å². The number of benzene rings is 3. The molecule has 0 unspecified atom stereocenters. The lowest BCUT2D eigenvalue weighted by Crippen LogP contribution is -2.32. The molecule has 0 bridgehead atoms. The van der Waals surface area contributed by atoms with Crippen LogP contribution >= 0.6 is 11.6 Å². The second-order valence-electron chi connectivity index (χ2n) is 7.03. The fourth-order valence-electron chi connectivity index (χ4n) is 3.10. The lowest BCUT2D eigenvalue weighted by Gasteiger charge is -2.09. The van der Waals surface area contributed by atoms with Crippen LogP contribution < -0.4 is 11.1 Å². The zero-order valence-corrected chi connectivity index (χ0v) is 17.1. The molecule has 5 nitrogen and oxygen atoms in total. The molecule has 0 fully saturated rings. The van der Waals surface area contributed by atoms with E-state index in [1.54, 1.807) is 24.3 Å². The highest BCUT2D eigenvalue weighted by atomic mass is 35.5. The number of carboxylic acid groups (broad SMARTS) is 1. The maximum Gasteiger partial charge on any atom is 0.320 e. The van der Waals surface area contributed by atoms with Gasteiger partial charge in [-0.05, 0) is 47.7 Å². The van der Waals surface area contributed by atoms with E-state index in [4.69, 9.17) is 22.4 Å². The van der Waals surface area contributed by atoms with Gasteiger partial charge in [0.2, 0.25) is 0 Å². The largest absolute Gasteiger partial charge is 0.480 e. The number of nitrogens with two attached hydrogens (primary N) is 1. The first-order chi connectivity index (χ1) is 14.4.